The Hall–Kier alpha value is -1.89. The lowest BCUT2D eigenvalue weighted by Crippen LogP contribution is -2.51. The molecule has 0 aliphatic heterocycles. The van der Waals surface area contributed by atoms with Crippen molar-refractivity contribution in [3.8, 4) is 0 Å². The summed E-state index contributed by atoms with van der Waals surface area (Å²) >= 11 is 0. The average Bonchev–Trinajstić information content (AvgIpc) is 2.54. The van der Waals surface area contributed by atoms with E-state index in [1.807, 2.05) is 0 Å². The van der Waals surface area contributed by atoms with Gasteiger partial charge >= 0.3 is 17.9 Å². The predicted octanol–water partition coefficient (Wildman–Crippen LogP) is 3.43. The number of hydrogen-bond acceptors (Lipinski definition) is 4. The standard InChI is InChI=1S/C21H32O7/c1-12-6-7-15-20(2,3)8-5-9-21(15,4)14(12)11-28-17(19(26)27)13(18(24)25)10-16(22)23/h13-15,17H,1,5-11H2,2-4H3,(H,22,23)(H,24,25)(H,26,27). The van der Waals surface area contributed by atoms with Gasteiger partial charge in [-0.05, 0) is 42.4 Å². The number of carbonyl (C=O) groups is 3. The fourth-order valence-electron chi connectivity index (χ4n) is 5.65. The molecule has 0 radical (unpaired) electrons. The van der Waals surface area contributed by atoms with Crippen LogP contribution in [-0.4, -0.2) is 45.9 Å². The van der Waals surface area contributed by atoms with Gasteiger partial charge in [-0.2, -0.15) is 0 Å². The molecule has 2 fully saturated rings. The maximum absolute atomic E-state index is 11.6. The molecule has 0 aromatic heterocycles. The molecule has 5 atom stereocenters. The van der Waals surface area contributed by atoms with Gasteiger partial charge in [0.15, 0.2) is 6.10 Å². The van der Waals surface area contributed by atoms with E-state index in [0.29, 0.717) is 5.92 Å². The minimum absolute atomic E-state index is 0.0439. The fourth-order valence-corrected chi connectivity index (χ4v) is 5.65. The van der Waals surface area contributed by atoms with Crippen molar-refractivity contribution in [2.24, 2.45) is 28.6 Å². The first-order valence-corrected chi connectivity index (χ1v) is 9.87. The molecule has 0 saturated heterocycles. The Morgan fingerprint density at radius 2 is 1.79 bits per heavy atom. The van der Waals surface area contributed by atoms with Crippen molar-refractivity contribution < 1.29 is 34.4 Å². The van der Waals surface area contributed by atoms with Crippen LogP contribution in [0.25, 0.3) is 0 Å². The normalized spacial score (nSPS) is 31.5. The summed E-state index contributed by atoms with van der Waals surface area (Å²) in [6.07, 6.45) is 2.58. The van der Waals surface area contributed by atoms with E-state index in [1.54, 1.807) is 0 Å². The second-order valence-corrected chi connectivity index (χ2v) is 9.28. The van der Waals surface area contributed by atoms with Crippen molar-refractivity contribution in [3.05, 3.63) is 12.2 Å². The lowest BCUT2D eigenvalue weighted by Gasteiger charge is -2.58. The minimum Gasteiger partial charge on any atom is -0.481 e. The van der Waals surface area contributed by atoms with E-state index in [-0.39, 0.29) is 23.4 Å². The Morgan fingerprint density at radius 3 is 2.32 bits per heavy atom. The Bertz CT molecular complexity index is 653. The third-order valence-corrected chi connectivity index (χ3v) is 7.08. The van der Waals surface area contributed by atoms with E-state index in [2.05, 4.69) is 27.4 Å². The van der Waals surface area contributed by atoms with Gasteiger partial charge < -0.3 is 20.1 Å². The number of aliphatic carboxylic acids is 3. The number of rotatable bonds is 8. The monoisotopic (exact) mass is 396 g/mol. The molecule has 5 unspecified atom stereocenters. The van der Waals surface area contributed by atoms with E-state index in [0.717, 1.165) is 37.7 Å². The summed E-state index contributed by atoms with van der Waals surface area (Å²) in [5.41, 5.74) is 1.09. The Labute approximate surface area is 165 Å². The summed E-state index contributed by atoms with van der Waals surface area (Å²) in [4.78, 5) is 34.1. The van der Waals surface area contributed by atoms with Crippen LogP contribution in [0.5, 0.6) is 0 Å². The number of carboxylic acid groups (broad SMARTS) is 3. The van der Waals surface area contributed by atoms with E-state index in [4.69, 9.17) is 9.84 Å². The molecule has 0 amide bonds. The van der Waals surface area contributed by atoms with Gasteiger partial charge in [-0.15, -0.1) is 0 Å². The summed E-state index contributed by atoms with van der Waals surface area (Å²) in [6, 6.07) is 0. The topological polar surface area (TPSA) is 121 Å². The molecule has 7 nitrogen and oxygen atoms in total. The van der Waals surface area contributed by atoms with Gasteiger partial charge in [-0.3, -0.25) is 9.59 Å². The molecule has 0 aromatic rings. The third-order valence-electron chi connectivity index (χ3n) is 7.08. The van der Waals surface area contributed by atoms with E-state index >= 15 is 0 Å². The zero-order valence-corrected chi connectivity index (χ0v) is 16.9. The van der Waals surface area contributed by atoms with Crippen molar-refractivity contribution in [2.45, 2.75) is 65.4 Å². The first-order chi connectivity index (χ1) is 12.9. The number of fused-ring (bicyclic) bond motifs is 1. The predicted molar refractivity (Wildman–Crippen MR) is 102 cm³/mol. The molecule has 2 aliphatic rings. The van der Waals surface area contributed by atoms with E-state index in [1.165, 1.54) is 0 Å². The first kappa shape index (κ1) is 22.4. The molecule has 0 bridgehead atoms. The lowest BCUT2D eigenvalue weighted by atomic mass is 9.48. The summed E-state index contributed by atoms with van der Waals surface area (Å²) in [7, 11) is 0. The number of carboxylic acids is 3. The molecule has 2 aliphatic carbocycles. The largest absolute Gasteiger partial charge is 0.481 e. The molecule has 2 rings (SSSR count). The highest BCUT2D eigenvalue weighted by atomic mass is 16.5. The minimum atomic E-state index is -1.71. The van der Waals surface area contributed by atoms with Crippen molar-refractivity contribution in [2.75, 3.05) is 6.61 Å². The van der Waals surface area contributed by atoms with Crippen LogP contribution in [0.15, 0.2) is 12.2 Å². The first-order valence-electron chi connectivity index (χ1n) is 9.87. The van der Waals surface area contributed by atoms with Crippen LogP contribution in [0, 0.1) is 28.6 Å². The van der Waals surface area contributed by atoms with Gasteiger partial charge in [-0.25, -0.2) is 4.79 Å². The van der Waals surface area contributed by atoms with Crippen LogP contribution < -0.4 is 0 Å². The summed E-state index contributed by atoms with van der Waals surface area (Å²) < 4.78 is 5.62. The van der Waals surface area contributed by atoms with Crippen molar-refractivity contribution >= 4 is 17.9 Å². The zero-order chi connectivity index (χ0) is 21.3. The second-order valence-electron chi connectivity index (χ2n) is 9.28. The highest BCUT2D eigenvalue weighted by molar-refractivity contribution is 5.85. The van der Waals surface area contributed by atoms with Crippen molar-refractivity contribution in [3.63, 3.8) is 0 Å². The molecule has 158 valence electrons. The smallest absolute Gasteiger partial charge is 0.333 e. The summed E-state index contributed by atoms with van der Waals surface area (Å²) in [5, 5.41) is 27.7. The molecule has 0 heterocycles. The molecule has 3 N–H and O–H groups in total. The molecule has 28 heavy (non-hydrogen) atoms. The molecular formula is C21H32O7. The van der Waals surface area contributed by atoms with Crippen LogP contribution in [-0.2, 0) is 19.1 Å². The Kier molecular flexibility index (Phi) is 6.58. The van der Waals surface area contributed by atoms with Crippen LogP contribution in [0.1, 0.15) is 59.3 Å². The maximum Gasteiger partial charge on any atom is 0.333 e. The van der Waals surface area contributed by atoms with Crippen LogP contribution in [0.3, 0.4) is 0 Å². The molecule has 0 aromatic carbocycles. The van der Waals surface area contributed by atoms with Gasteiger partial charge in [0, 0.05) is 5.92 Å². The Morgan fingerprint density at radius 1 is 1.14 bits per heavy atom. The maximum atomic E-state index is 11.6. The number of ether oxygens (including phenoxy) is 1. The van der Waals surface area contributed by atoms with Crippen molar-refractivity contribution in [1.82, 2.24) is 0 Å². The number of hydrogen-bond donors (Lipinski definition) is 3. The molecule has 7 heteroatoms. The van der Waals surface area contributed by atoms with E-state index < -0.39 is 36.4 Å². The fraction of sp³-hybridized carbons (Fsp3) is 0.762. The zero-order valence-electron chi connectivity index (χ0n) is 16.9. The van der Waals surface area contributed by atoms with Crippen LogP contribution in [0.4, 0.5) is 0 Å². The summed E-state index contributed by atoms with van der Waals surface area (Å²) in [5.74, 6) is -5.58. The summed E-state index contributed by atoms with van der Waals surface area (Å²) in [6.45, 7) is 11.0. The van der Waals surface area contributed by atoms with Gasteiger partial charge in [-0.1, -0.05) is 39.3 Å². The second kappa shape index (κ2) is 8.23. The highest BCUT2D eigenvalue weighted by Crippen LogP contribution is 2.60. The third kappa shape index (κ3) is 4.40. The average molecular weight is 396 g/mol. The SMILES string of the molecule is C=C1CCC2C(C)(C)CCCC2(C)C1COC(C(=O)O)C(CC(=O)O)C(=O)O. The lowest BCUT2D eigenvalue weighted by molar-refractivity contribution is -0.170. The van der Waals surface area contributed by atoms with Gasteiger partial charge in [0.1, 0.15) is 5.92 Å². The molecule has 2 saturated carbocycles. The quantitative estimate of drug-likeness (QED) is 0.537. The highest BCUT2D eigenvalue weighted by Gasteiger charge is 2.53. The van der Waals surface area contributed by atoms with E-state index in [9.17, 15) is 24.6 Å². The van der Waals surface area contributed by atoms with Crippen LogP contribution >= 0.6 is 0 Å². The van der Waals surface area contributed by atoms with Crippen LogP contribution in [0.2, 0.25) is 0 Å². The van der Waals surface area contributed by atoms with Gasteiger partial charge in [0.25, 0.3) is 0 Å². The Balaban J connectivity index is 2.23. The van der Waals surface area contributed by atoms with Gasteiger partial charge in [0.05, 0.1) is 13.0 Å². The van der Waals surface area contributed by atoms with Crippen molar-refractivity contribution in [1.29, 1.82) is 0 Å². The molecule has 0 spiro atoms. The van der Waals surface area contributed by atoms with Gasteiger partial charge in [0.2, 0.25) is 0 Å². The molecular weight excluding hydrogens is 364 g/mol.